The number of thiol groups is 1. The molecular formula is C10H13NO2S. The van der Waals surface area contributed by atoms with Gasteiger partial charge in [-0.25, -0.2) is 0 Å². The summed E-state index contributed by atoms with van der Waals surface area (Å²) < 4.78 is 0. The van der Waals surface area contributed by atoms with E-state index < -0.39 is 5.97 Å². The molecule has 1 aromatic carbocycles. The first kappa shape index (κ1) is 10.9. The van der Waals surface area contributed by atoms with Crippen molar-refractivity contribution in [2.45, 2.75) is 11.8 Å². The summed E-state index contributed by atoms with van der Waals surface area (Å²) in [6, 6.07) is 9.58. The predicted molar refractivity (Wildman–Crippen MR) is 59.9 cm³/mol. The van der Waals surface area contributed by atoms with Gasteiger partial charge >= 0.3 is 5.97 Å². The molecule has 1 aromatic rings. The van der Waals surface area contributed by atoms with Gasteiger partial charge in [-0.2, -0.15) is 12.6 Å². The Kier molecular flexibility index (Phi) is 3.83. The van der Waals surface area contributed by atoms with Crippen LogP contribution < -0.4 is 4.90 Å². The third kappa shape index (κ3) is 2.96. The Labute approximate surface area is 88.8 Å². The van der Waals surface area contributed by atoms with Crippen molar-refractivity contribution in [2.75, 3.05) is 11.9 Å². The lowest BCUT2D eigenvalue weighted by Gasteiger charge is -2.24. The summed E-state index contributed by atoms with van der Waals surface area (Å²) in [5, 5.41) is 8.31. The quantitative estimate of drug-likeness (QED) is 0.590. The van der Waals surface area contributed by atoms with Crippen LogP contribution in [0, 0.1) is 0 Å². The van der Waals surface area contributed by atoms with Crippen molar-refractivity contribution >= 4 is 24.3 Å². The highest BCUT2D eigenvalue weighted by Crippen LogP contribution is 2.17. The van der Waals surface area contributed by atoms with Gasteiger partial charge in [0.05, 0.1) is 11.8 Å². The molecule has 0 amide bonds. The highest BCUT2D eigenvalue weighted by molar-refractivity contribution is 7.81. The van der Waals surface area contributed by atoms with Crippen molar-refractivity contribution < 1.29 is 9.90 Å². The molecular weight excluding hydrogens is 198 g/mol. The molecule has 0 saturated heterocycles. The number of hydrogen-bond donors (Lipinski definition) is 2. The van der Waals surface area contributed by atoms with Crippen LogP contribution in [0.4, 0.5) is 5.69 Å². The normalized spacial score (nSPS) is 12.1. The standard InChI is InChI=1S/C10H13NO2S/c1-11(9(14)7-10(12)13)8-5-3-2-4-6-8/h2-6,9,14H,7H2,1H3,(H,12,13). The molecule has 0 fully saturated rings. The van der Waals surface area contributed by atoms with Crippen molar-refractivity contribution in [3.05, 3.63) is 30.3 Å². The Balaban J connectivity index is 2.65. The van der Waals surface area contributed by atoms with Gasteiger partial charge in [-0.15, -0.1) is 0 Å². The maximum atomic E-state index is 10.5. The molecule has 0 saturated carbocycles. The zero-order valence-corrected chi connectivity index (χ0v) is 8.82. The van der Waals surface area contributed by atoms with Crippen LogP contribution in [0.25, 0.3) is 0 Å². The third-order valence-electron chi connectivity index (χ3n) is 1.97. The Bertz CT molecular complexity index is 302. The van der Waals surface area contributed by atoms with Crippen LogP contribution in [0.5, 0.6) is 0 Å². The Hall–Kier alpha value is -1.16. The van der Waals surface area contributed by atoms with Crippen LogP contribution in [-0.2, 0) is 4.79 Å². The summed E-state index contributed by atoms with van der Waals surface area (Å²) in [5.41, 5.74) is 0.966. The van der Waals surface area contributed by atoms with Gasteiger partial charge in [0.2, 0.25) is 0 Å². The van der Waals surface area contributed by atoms with Crippen molar-refractivity contribution in [3.8, 4) is 0 Å². The lowest BCUT2D eigenvalue weighted by atomic mass is 10.3. The number of aliphatic carboxylic acids is 1. The van der Waals surface area contributed by atoms with Gasteiger partial charge in [0.25, 0.3) is 0 Å². The molecule has 0 bridgehead atoms. The van der Waals surface area contributed by atoms with Crippen LogP contribution in [0.1, 0.15) is 6.42 Å². The average molecular weight is 211 g/mol. The molecule has 0 radical (unpaired) electrons. The minimum Gasteiger partial charge on any atom is -0.481 e. The number of benzene rings is 1. The fraction of sp³-hybridized carbons (Fsp3) is 0.300. The van der Waals surface area contributed by atoms with E-state index in [9.17, 15) is 4.79 Å². The van der Waals surface area contributed by atoms with Crippen molar-refractivity contribution in [1.29, 1.82) is 0 Å². The smallest absolute Gasteiger partial charge is 0.306 e. The monoisotopic (exact) mass is 211 g/mol. The molecule has 0 aromatic heterocycles. The van der Waals surface area contributed by atoms with Crippen LogP contribution in [0.15, 0.2) is 30.3 Å². The number of carboxylic acids is 1. The second-order valence-corrected chi connectivity index (χ2v) is 3.62. The Morgan fingerprint density at radius 2 is 2.07 bits per heavy atom. The number of hydrogen-bond acceptors (Lipinski definition) is 3. The summed E-state index contributed by atoms with van der Waals surface area (Å²) in [5.74, 6) is -0.840. The van der Waals surface area contributed by atoms with Crippen LogP contribution in [0.2, 0.25) is 0 Å². The van der Waals surface area contributed by atoms with Crippen LogP contribution in [-0.4, -0.2) is 23.5 Å². The van der Waals surface area contributed by atoms with Gasteiger partial charge in [0.15, 0.2) is 0 Å². The summed E-state index contributed by atoms with van der Waals surface area (Å²) in [7, 11) is 1.83. The highest BCUT2D eigenvalue weighted by atomic mass is 32.1. The lowest BCUT2D eigenvalue weighted by Crippen LogP contribution is -2.28. The molecule has 0 heterocycles. The fourth-order valence-electron chi connectivity index (χ4n) is 1.13. The molecule has 1 rings (SSSR count). The zero-order valence-electron chi connectivity index (χ0n) is 7.92. The average Bonchev–Trinajstić information content (AvgIpc) is 2.17. The minimum absolute atomic E-state index is 0.0223. The molecule has 14 heavy (non-hydrogen) atoms. The van der Waals surface area contributed by atoms with E-state index in [1.807, 2.05) is 42.3 Å². The van der Waals surface area contributed by atoms with E-state index in [0.29, 0.717) is 0 Å². The first-order valence-electron chi connectivity index (χ1n) is 4.29. The Morgan fingerprint density at radius 3 is 2.57 bits per heavy atom. The lowest BCUT2D eigenvalue weighted by molar-refractivity contribution is -0.136. The van der Waals surface area contributed by atoms with Crippen LogP contribution >= 0.6 is 12.6 Å². The second-order valence-electron chi connectivity index (χ2n) is 3.02. The van der Waals surface area contributed by atoms with Gasteiger partial charge in [0.1, 0.15) is 0 Å². The fourth-order valence-corrected chi connectivity index (χ4v) is 1.42. The molecule has 4 heteroatoms. The van der Waals surface area contributed by atoms with E-state index in [2.05, 4.69) is 12.6 Å². The maximum absolute atomic E-state index is 10.5. The third-order valence-corrected chi connectivity index (χ3v) is 2.50. The van der Waals surface area contributed by atoms with Gasteiger partial charge in [-0.1, -0.05) is 18.2 Å². The zero-order chi connectivity index (χ0) is 10.6. The van der Waals surface area contributed by atoms with Gasteiger partial charge < -0.3 is 10.0 Å². The largest absolute Gasteiger partial charge is 0.481 e. The van der Waals surface area contributed by atoms with Gasteiger partial charge in [-0.3, -0.25) is 4.79 Å². The van der Waals surface area contributed by atoms with E-state index in [0.717, 1.165) is 5.69 Å². The predicted octanol–water partition coefficient (Wildman–Crippen LogP) is 1.85. The van der Waals surface area contributed by atoms with Gasteiger partial charge in [-0.05, 0) is 12.1 Å². The van der Waals surface area contributed by atoms with Crippen molar-refractivity contribution in [3.63, 3.8) is 0 Å². The molecule has 0 aliphatic rings. The van der Waals surface area contributed by atoms with Crippen LogP contribution in [0.3, 0.4) is 0 Å². The number of rotatable bonds is 4. The maximum Gasteiger partial charge on any atom is 0.306 e. The molecule has 76 valence electrons. The van der Waals surface area contributed by atoms with Gasteiger partial charge in [0, 0.05) is 12.7 Å². The van der Waals surface area contributed by atoms with Crippen molar-refractivity contribution in [1.82, 2.24) is 0 Å². The van der Waals surface area contributed by atoms with E-state index in [4.69, 9.17) is 5.11 Å². The highest BCUT2D eigenvalue weighted by Gasteiger charge is 2.13. The van der Waals surface area contributed by atoms with E-state index >= 15 is 0 Å². The number of anilines is 1. The second kappa shape index (κ2) is 4.91. The van der Waals surface area contributed by atoms with E-state index in [-0.39, 0.29) is 11.8 Å². The minimum atomic E-state index is -0.840. The summed E-state index contributed by atoms with van der Waals surface area (Å²) in [6.45, 7) is 0. The van der Waals surface area contributed by atoms with E-state index in [1.54, 1.807) is 0 Å². The first-order valence-corrected chi connectivity index (χ1v) is 4.80. The van der Waals surface area contributed by atoms with E-state index in [1.165, 1.54) is 0 Å². The Morgan fingerprint density at radius 1 is 1.50 bits per heavy atom. The number of carboxylic acid groups (broad SMARTS) is 1. The molecule has 1 atom stereocenters. The van der Waals surface area contributed by atoms with Crippen molar-refractivity contribution in [2.24, 2.45) is 0 Å². The number of nitrogens with zero attached hydrogens (tertiary/aromatic N) is 1. The molecule has 3 nitrogen and oxygen atoms in total. The first-order chi connectivity index (χ1) is 6.61. The molecule has 0 aliphatic heterocycles. The molecule has 0 spiro atoms. The topological polar surface area (TPSA) is 40.5 Å². The molecule has 1 N–H and O–H groups in total. The molecule has 0 aliphatic carbocycles. The summed E-state index contributed by atoms with van der Waals surface area (Å²) in [6.07, 6.45) is 0.0223. The summed E-state index contributed by atoms with van der Waals surface area (Å²) in [4.78, 5) is 12.3. The summed E-state index contributed by atoms with van der Waals surface area (Å²) >= 11 is 4.22. The number of carbonyl (C=O) groups is 1. The molecule has 1 unspecified atom stereocenters. The SMILES string of the molecule is CN(c1ccccc1)C(S)CC(=O)O. The number of para-hydroxylation sites is 1.